The van der Waals surface area contributed by atoms with Crippen LogP contribution in [0.3, 0.4) is 0 Å². The van der Waals surface area contributed by atoms with Crippen molar-refractivity contribution in [2.24, 2.45) is 5.73 Å². The molecular weight excluding hydrogens is 340 g/mol. The van der Waals surface area contributed by atoms with Gasteiger partial charge in [-0.05, 0) is 62.5 Å². The van der Waals surface area contributed by atoms with Crippen molar-refractivity contribution >= 4 is 45.3 Å². The van der Waals surface area contributed by atoms with Crippen LogP contribution in [-0.2, 0) is 17.6 Å². The number of ether oxygens (including phenoxy) is 1. The molecule has 24 heavy (non-hydrogen) atoms. The first-order valence-electron chi connectivity index (χ1n) is 8.09. The number of carbonyl (C=O) groups excluding carboxylic acids is 1. The number of nitrogens with two attached hydrogens (primary N) is 1. The molecule has 2 aromatic rings. The van der Waals surface area contributed by atoms with Crippen molar-refractivity contribution in [2.75, 3.05) is 11.5 Å². The minimum absolute atomic E-state index is 0.227. The lowest BCUT2D eigenvalue weighted by Gasteiger charge is -2.22. The fourth-order valence-corrected chi connectivity index (χ4v) is 4.71. The lowest BCUT2D eigenvalue weighted by atomic mass is 9.95. The van der Waals surface area contributed by atoms with Crippen molar-refractivity contribution in [3.8, 4) is 0 Å². The second-order valence-electron chi connectivity index (χ2n) is 5.62. The Morgan fingerprint density at radius 3 is 2.67 bits per heavy atom. The Kier molecular flexibility index (Phi) is 5.16. The highest BCUT2D eigenvalue weighted by atomic mass is 32.1. The lowest BCUT2D eigenvalue weighted by Crippen LogP contribution is -2.31. The van der Waals surface area contributed by atoms with Gasteiger partial charge in [0.2, 0.25) is 0 Å². The third-order valence-corrected chi connectivity index (χ3v) is 5.53. The van der Waals surface area contributed by atoms with Gasteiger partial charge in [-0.25, -0.2) is 4.79 Å². The molecule has 4 nitrogen and oxygen atoms in total. The second kappa shape index (κ2) is 7.32. The molecule has 126 valence electrons. The molecule has 0 aliphatic heterocycles. The standard InChI is InChI=1S/C18H20N2O2S2/c1-2-22-17(21)15-13-10-6-7-11-14(13)24-16(15)20(18(19)23)12-8-4-3-5-9-12/h3-5,8-9H,2,6-7,10-11H2,1H3,(H2,19,23). The van der Waals surface area contributed by atoms with E-state index in [1.54, 1.807) is 16.2 Å². The smallest absolute Gasteiger partial charge is 0.341 e. The van der Waals surface area contributed by atoms with E-state index in [1.807, 2.05) is 37.3 Å². The predicted molar refractivity (Wildman–Crippen MR) is 102 cm³/mol. The molecule has 1 aromatic carbocycles. The maximum Gasteiger partial charge on any atom is 0.341 e. The van der Waals surface area contributed by atoms with Gasteiger partial charge in [0.1, 0.15) is 5.00 Å². The number of anilines is 2. The summed E-state index contributed by atoms with van der Waals surface area (Å²) in [7, 11) is 0. The van der Waals surface area contributed by atoms with Crippen molar-refractivity contribution in [3.63, 3.8) is 0 Å². The molecule has 1 aliphatic carbocycles. The molecule has 0 saturated carbocycles. The molecule has 0 fully saturated rings. The summed E-state index contributed by atoms with van der Waals surface area (Å²) in [5, 5.41) is 1.00. The minimum atomic E-state index is -0.288. The van der Waals surface area contributed by atoms with Gasteiger partial charge in [-0.1, -0.05) is 18.2 Å². The molecule has 1 aromatic heterocycles. The lowest BCUT2D eigenvalue weighted by molar-refractivity contribution is 0.0526. The van der Waals surface area contributed by atoms with Gasteiger partial charge in [-0.3, -0.25) is 4.90 Å². The zero-order chi connectivity index (χ0) is 17.1. The number of para-hydroxylation sites is 1. The molecule has 0 spiro atoms. The van der Waals surface area contributed by atoms with Crippen LogP contribution in [0.5, 0.6) is 0 Å². The van der Waals surface area contributed by atoms with Crippen molar-refractivity contribution in [3.05, 3.63) is 46.3 Å². The third-order valence-electron chi connectivity index (χ3n) is 4.07. The number of carbonyl (C=O) groups is 1. The summed E-state index contributed by atoms with van der Waals surface area (Å²) in [6.45, 7) is 2.17. The molecule has 0 bridgehead atoms. The SMILES string of the molecule is CCOC(=O)c1c(N(C(N)=S)c2ccccc2)sc2c1CCCC2. The maximum absolute atomic E-state index is 12.6. The first-order chi connectivity index (χ1) is 11.6. The maximum atomic E-state index is 12.6. The zero-order valence-electron chi connectivity index (χ0n) is 13.6. The third kappa shape index (κ3) is 3.16. The minimum Gasteiger partial charge on any atom is -0.462 e. The number of rotatable bonds is 4. The Labute approximate surface area is 151 Å². The first kappa shape index (κ1) is 16.9. The highest BCUT2D eigenvalue weighted by Crippen LogP contribution is 2.43. The molecule has 0 unspecified atom stereocenters. The van der Waals surface area contributed by atoms with Crippen molar-refractivity contribution in [1.29, 1.82) is 0 Å². The van der Waals surface area contributed by atoms with Gasteiger partial charge in [0.15, 0.2) is 5.11 Å². The van der Waals surface area contributed by atoms with E-state index in [0.29, 0.717) is 12.2 Å². The predicted octanol–water partition coefficient (Wildman–Crippen LogP) is 4.19. The van der Waals surface area contributed by atoms with Gasteiger partial charge in [0.05, 0.1) is 12.2 Å². The van der Waals surface area contributed by atoms with Crippen LogP contribution in [0.4, 0.5) is 10.7 Å². The van der Waals surface area contributed by atoms with E-state index in [1.165, 1.54) is 4.88 Å². The average Bonchev–Trinajstić information content (AvgIpc) is 2.94. The van der Waals surface area contributed by atoms with Crippen LogP contribution < -0.4 is 10.6 Å². The Morgan fingerprint density at radius 1 is 1.29 bits per heavy atom. The molecule has 3 rings (SSSR count). The number of aryl methyl sites for hydroxylation is 1. The van der Waals surface area contributed by atoms with E-state index in [0.717, 1.165) is 41.9 Å². The molecule has 1 aliphatic rings. The van der Waals surface area contributed by atoms with Crippen molar-refractivity contribution in [1.82, 2.24) is 0 Å². The van der Waals surface area contributed by atoms with Crippen LogP contribution in [-0.4, -0.2) is 17.7 Å². The molecule has 6 heteroatoms. The van der Waals surface area contributed by atoms with Gasteiger partial charge in [-0.2, -0.15) is 0 Å². The van der Waals surface area contributed by atoms with E-state index in [9.17, 15) is 4.79 Å². The number of hydrogen-bond donors (Lipinski definition) is 1. The number of thiophene rings is 1. The Balaban J connectivity index is 2.16. The summed E-state index contributed by atoms with van der Waals surface area (Å²) in [6.07, 6.45) is 4.13. The van der Waals surface area contributed by atoms with Gasteiger partial charge in [0, 0.05) is 10.6 Å². The monoisotopic (exact) mass is 360 g/mol. The Bertz CT molecular complexity index is 756. The van der Waals surface area contributed by atoms with Crippen LogP contribution >= 0.6 is 23.6 Å². The number of nitrogens with zero attached hydrogens (tertiary/aromatic N) is 1. The van der Waals surface area contributed by atoms with Gasteiger partial charge < -0.3 is 10.5 Å². The van der Waals surface area contributed by atoms with Crippen molar-refractivity contribution in [2.45, 2.75) is 32.6 Å². The normalized spacial score (nSPS) is 13.2. The molecule has 0 atom stereocenters. The summed E-state index contributed by atoms with van der Waals surface area (Å²) in [5.74, 6) is -0.288. The molecule has 0 radical (unpaired) electrons. The fraction of sp³-hybridized carbons (Fsp3) is 0.333. The van der Waals surface area contributed by atoms with E-state index in [-0.39, 0.29) is 11.1 Å². The number of fused-ring (bicyclic) bond motifs is 1. The molecule has 0 saturated heterocycles. The first-order valence-corrected chi connectivity index (χ1v) is 9.32. The Morgan fingerprint density at radius 2 is 2.00 bits per heavy atom. The Hall–Kier alpha value is -1.92. The van der Waals surface area contributed by atoms with Gasteiger partial charge in [-0.15, -0.1) is 11.3 Å². The number of thiocarbonyl (C=S) groups is 1. The highest BCUT2D eigenvalue weighted by Gasteiger charge is 2.30. The fourth-order valence-electron chi connectivity index (χ4n) is 3.04. The zero-order valence-corrected chi connectivity index (χ0v) is 15.2. The molecule has 1 heterocycles. The van der Waals surface area contributed by atoms with E-state index < -0.39 is 0 Å². The summed E-state index contributed by atoms with van der Waals surface area (Å²) in [6, 6.07) is 9.67. The summed E-state index contributed by atoms with van der Waals surface area (Å²) in [4.78, 5) is 15.7. The second-order valence-corrected chi connectivity index (χ2v) is 7.12. The molecule has 0 amide bonds. The van der Waals surface area contributed by atoms with Crippen molar-refractivity contribution < 1.29 is 9.53 Å². The summed E-state index contributed by atoms with van der Waals surface area (Å²) < 4.78 is 5.32. The van der Waals surface area contributed by atoms with E-state index in [4.69, 9.17) is 22.7 Å². The van der Waals surface area contributed by atoms with E-state index >= 15 is 0 Å². The quantitative estimate of drug-likeness (QED) is 0.655. The van der Waals surface area contributed by atoms with Crippen LogP contribution in [0.2, 0.25) is 0 Å². The molecule has 2 N–H and O–H groups in total. The van der Waals surface area contributed by atoms with Gasteiger partial charge >= 0.3 is 5.97 Å². The van der Waals surface area contributed by atoms with Crippen LogP contribution in [0, 0.1) is 0 Å². The summed E-state index contributed by atoms with van der Waals surface area (Å²) in [5.41, 5.74) is 8.61. The van der Waals surface area contributed by atoms with Crippen LogP contribution in [0.1, 0.15) is 40.6 Å². The molecular formula is C18H20N2O2S2. The van der Waals surface area contributed by atoms with E-state index in [2.05, 4.69) is 0 Å². The topological polar surface area (TPSA) is 55.6 Å². The highest BCUT2D eigenvalue weighted by molar-refractivity contribution is 7.80. The van der Waals surface area contributed by atoms with Crippen LogP contribution in [0.25, 0.3) is 0 Å². The number of benzene rings is 1. The number of hydrogen-bond acceptors (Lipinski definition) is 4. The largest absolute Gasteiger partial charge is 0.462 e. The average molecular weight is 361 g/mol. The number of esters is 1. The van der Waals surface area contributed by atoms with Gasteiger partial charge in [0.25, 0.3) is 0 Å². The summed E-state index contributed by atoms with van der Waals surface area (Å²) >= 11 is 6.90. The van der Waals surface area contributed by atoms with Crippen LogP contribution in [0.15, 0.2) is 30.3 Å².